The first-order valence-corrected chi connectivity index (χ1v) is 5.96. The third-order valence-electron chi connectivity index (χ3n) is 2.57. The van der Waals surface area contributed by atoms with E-state index >= 15 is 0 Å². The highest BCUT2D eigenvalue weighted by molar-refractivity contribution is 6.31. The molecule has 0 amide bonds. The molecule has 2 aromatic rings. The number of benzene rings is 1. The van der Waals surface area contributed by atoms with Gasteiger partial charge in [-0.1, -0.05) is 29.8 Å². The molecule has 0 saturated carbocycles. The van der Waals surface area contributed by atoms with E-state index in [4.69, 9.17) is 16.7 Å². The highest BCUT2D eigenvalue weighted by Gasteiger charge is 2.11. The van der Waals surface area contributed by atoms with E-state index in [2.05, 4.69) is 9.97 Å². The van der Waals surface area contributed by atoms with Crippen LogP contribution >= 0.6 is 11.6 Å². The van der Waals surface area contributed by atoms with Crippen molar-refractivity contribution < 1.29 is 9.90 Å². The fourth-order valence-electron chi connectivity index (χ4n) is 1.60. The molecule has 0 spiro atoms. The van der Waals surface area contributed by atoms with E-state index in [1.165, 1.54) is 12.3 Å². The molecular formula is C13H12ClN3O2. The fraction of sp³-hybridized carbons (Fsp3) is 0.154. The number of aromatic nitrogens is 2. The molecule has 0 radical (unpaired) electrons. The van der Waals surface area contributed by atoms with Crippen LogP contribution in [-0.4, -0.2) is 28.1 Å². The average molecular weight is 278 g/mol. The van der Waals surface area contributed by atoms with E-state index in [1.54, 1.807) is 18.0 Å². The second-order valence-corrected chi connectivity index (χ2v) is 4.40. The molecule has 1 heterocycles. The lowest BCUT2D eigenvalue weighted by atomic mass is 10.2. The lowest BCUT2D eigenvalue weighted by Gasteiger charge is -2.17. The van der Waals surface area contributed by atoms with E-state index in [0.29, 0.717) is 17.5 Å². The third kappa shape index (κ3) is 3.20. The van der Waals surface area contributed by atoms with E-state index in [1.807, 2.05) is 18.2 Å². The molecule has 19 heavy (non-hydrogen) atoms. The van der Waals surface area contributed by atoms with Gasteiger partial charge in [0.2, 0.25) is 5.95 Å². The van der Waals surface area contributed by atoms with Gasteiger partial charge in [0.1, 0.15) is 0 Å². The maximum absolute atomic E-state index is 10.9. The van der Waals surface area contributed by atoms with Crippen LogP contribution < -0.4 is 4.90 Å². The normalized spacial score (nSPS) is 10.2. The van der Waals surface area contributed by atoms with Gasteiger partial charge in [-0.3, -0.25) is 0 Å². The lowest BCUT2D eigenvalue weighted by molar-refractivity contribution is 0.0690. The molecule has 0 bridgehead atoms. The summed E-state index contributed by atoms with van der Waals surface area (Å²) in [4.78, 5) is 20.6. The molecule has 1 aromatic heterocycles. The molecule has 0 saturated heterocycles. The first-order valence-electron chi connectivity index (χ1n) is 5.59. The molecule has 0 fully saturated rings. The summed E-state index contributed by atoms with van der Waals surface area (Å²) >= 11 is 6.08. The second-order valence-electron chi connectivity index (χ2n) is 3.99. The van der Waals surface area contributed by atoms with Crippen molar-refractivity contribution in [2.75, 3.05) is 11.9 Å². The minimum atomic E-state index is -1.07. The van der Waals surface area contributed by atoms with Crippen LogP contribution in [0.15, 0.2) is 36.5 Å². The molecule has 2 rings (SSSR count). The Morgan fingerprint density at radius 3 is 2.79 bits per heavy atom. The first-order chi connectivity index (χ1) is 9.08. The van der Waals surface area contributed by atoms with Crippen LogP contribution in [0.25, 0.3) is 0 Å². The summed E-state index contributed by atoms with van der Waals surface area (Å²) in [6.07, 6.45) is 1.43. The van der Waals surface area contributed by atoms with Crippen molar-refractivity contribution in [3.8, 4) is 0 Å². The number of carboxylic acid groups (broad SMARTS) is 1. The minimum absolute atomic E-state index is 0.0315. The summed E-state index contributed by atoms with van der Waals surface area (Å²) in [5, 5.41) is 9.55. The number of hydrogen-bond acceptors (Lipinski definition) is 4. The van der Waals surface area contributed by atoms with Crippen LogP contribution in [-0.2, 0) is 6.54 Å². The zero-order chi connectivity index (χ0) is 13.8. The largest absolute Gasteiger partial charge is 0.477 e. The molecule has 0 atom stereocenters. The maximum atomic E-state index is 10.9. The van der Waals surface area contributed by atoms with Gasteiger partial charge in [0, 0.05) is 24.8 Å². The van der Waals surface area contributed by atoms with E-state index < -0.39 is 5.97 Å². The van der Waals surface area contributed by atoms with Crippen LogP contribution in [0.4, 0.5) is 5.95 Å². The van der Waals surface area contributed by atoms with Gasteiger partial charge in [-0.15, -0.1) is 0 Å². The fourth-order valence-corrected chi connectivity index (χ4v) is 1.80. The van der Waals surface area contributed by atoms with Gasteiger partial charge in [-0.2, -0.15) is 0 Å². The maximum Gasteiger partial charge on any atom is 0.354 e. The molecule has 6 heteroatoms. The predicted molar refractivity (Wildman–Crippen MR) is 72.6 cm³/mol. The number of carbonyl (C=O) groups is 1. The van der Waals surface area contributed by atoms with Crippen molar-refractivity contribution in [1.29, 1.82) is 0 Å². The monoisotopic (exact) mass is 277 g/mol. The van der Waals surface area contributed by atoms with Crippen LogP contribution in [0.3, 0.4) is 0 Å². The van der Waals surface area contributed by atoms with Crippen molar-refractivity contribution in [3.63, 3.8) is 0 Å². The lowest BCUT2D eigenvalue weighted by Crippen LogP contribution is -2.20. The Morgan fingerprint density at radius 1 is 1.37 bits per heavy atom. The quantitative estimate of drug-likeness (QED) is 0.930. The zero-order valence-electron chi connectivity index (χ0n) is 10.2. The zero-order valence-corrected chi connectivity index (χ0v) is 11.0. The van der Waals surface area contributed by atoms with Crippen LogP contribution in [0.1, 0.15) is 16.1 Å². The Balaban J connectivity index is 2.20. The van der Waals surface area contributed by atoms with E-state index in [0.717, 1.165) is 5.56 Å². The van der Waals surface area contributed by atoms with E-state index in [9.17, 15) is 4.79 Å². The molecule has 1 N–H and O–H groups in total. The number of halogens is 1. The van der Waals surface area contributed by atoms with Crippen molar-refractivity contribution >= 4 is 23.5 Å². The molecule has 0 aliphatic heterocycles. The van der Waals surface area contributed by atoms with Gasteiger partial charge >= 0.3 is 5.97 Å². The second kappa shape index (κ2) is 5.67. The van der Waals surface area contributed by atoms with Gasteiger partial charge in [0.25, 0.3) is 0 Å². The van der Waals surface area contributed by atoms with E-state index in [-0.39, 0.29) is 5.69 Å². The van der Waals surface area contributed by atoms with Crippen LogP contribution in [0.2, 0.25) is 5.02 Å². The number of anilines is 1. The molecular weight excluding hydrogens is 266 g/mol. The summed E-state index contributed by atoms with van der Waals surface area (Å²) in [6.45, 7) is 0.503. The summed E-state index contributed by atoms with van der Waals surface area (Å²) in [5.41, 5.74) is 0.895. The van der Waals surface area contributed by atoms with Crippen molar-refractivity contribution in [2.45, 2.75) is 6.54 Å². The molecule has 5 nitrogen and oxygen atoms in total. The highest BCUT2D eigenvalue weighted by Crippen LogP contribution is 2.18. The van der Waals surface area contributed by atoms with Gasteiger partial charge < -0.3 is 10.0 Å². The highest BCUT2D eigenvalue weighted by atomic mass is 35.5. The van der Waals surface area contributed by atoms with Gasteiger partial charge in [-0.25, -0.2) is 14.8 Å². The molecule has 0 unspecified atom stereocenters. The predicted octanol–water partition coefficient (Wildman–Crippen LogP) is 2.46. The standard InChI is InChI=1S/C13H12ClN3O2/c1-17(8-9-4-2-3-5-10(9)14)13-15-7-6-11(16-13)12(18)19/h2-7H,8H2,1H3,(H,18,19). The van der Waals surface area contributed by atoms with Gasteiger partial charge in [0.05, 0.1) is 0 Å². The number of aromatic carboxylic acids is 1. The Morgan fingerprint density at radius 2 is 2.11 bits per heavy atom. The Labute approximate surface area is 115 Å². The number of rotatable bonds is 4. The summed E-state index contributed by atoms with van der Waals surface area (Å²) in [6, 6.07) is 8.81. The van der Waals surface area contributed by atoms with Crippen molar-refractivity contribution in [3.05, 3.63) is 52.8 Å². The molecule has 1 aromatic carbocycles. The molecule has 98 valence electrons. The van der Waals surface area contributed by atoms with Crippen LogP contribution in [0.5, 0.6) is 0 Å². The first kappa shape index (κ1) is 13.3. The summed E-state index contributed by atoms with van der Waals surface area (Å²) in [7, 11) is 1.78. The number of hydrogen-bond donors (Lipinski definition) is 1. The molecule has 0 aliphatic rings. The third-order valence-corrected chi connectivity index (χ3v) is 2.94. The summed E-state index contributed by atoms with van der Waals surface area (Å²) < 4.78 is 0. The Bertz CT molecular complexity index is 604. The summed E-state index contributed by atoms with van der Waals surface area (Å²) in [5.74, 6) is -0.727. The topological polar surface area (TPSA) is 66.3 Å². The average Bonchev–Trinajstić information content (AvgIpc) is 2.41. The van der Waals surface area contributed by atoms with Gasteiger partial charge in [0.15, 0.2) is 5.69 Å². The SMILES string of the molecule is CN(Cc1ccccc1Cl)c1nccc(C(=O)O)n1. The van der Waals surface area contributed by atoms with Crippen molar-refractivity contribution in [2.24, 2.45) is 0 Å². The number of nitrogens with zero attached hydrogens (tertiary/aromatic N) is 3. The number of carboxylic acids is 1. The Hall–Kier alpha value is -2.14. The minimum Gasteiger partial charge on any atom is -0.477 e. The Kier molecular flexibility index (Phi) is 3.97. The molecule has 0 aliphatic carbocycles. The smallest absolute Gasteiger partial charge is 0.354 e. The van der Waals surface area contributed by atoms with Crippen molar-refractivity contribution in [1.82, 2.24) is 9.97 Å². The van der Waals surface area contributed by atoms with Gasteiger partial charge in [-0.05, 0) is 17.7 Å². The van der Waals surface area contributed by atoms with Crippen LogP contribution in [0, 0.1) is 0 Å².